The Bertz CT molecular complexity index is 412. The van der Waals surface area contributed by atoms with Crippen LogP contribution in [0.5, 0.6) is 0 Å². The Morgan fingerprint density at radius 3 is 2.93 bits per heavy atom. The van der Waals surface area contributed by atoms with Gasteiger partial charge in [-0.25, -0.2) is 4.39 Å². The molecule has 1 N–H and O–H groups in total. The lowest BCUT2D eigenvalue weighted by Gasteiger charge is -2.17. The van der Waals surface area contributed by atoms with Crippen molar-refractivity contribution in [3.63, 3.8) is 0 Å². The Hall–Kier alpha value is -1.64. The predicted octanol–water partition coefficient (Wildman–Crippen LogP) is 2.35. The molecule has 0 bridgehead atoms. The second-order valence-corrected chi connectivity index (χ2v) is 3.28. The third-order valence-electron chi connectivity index (χ3n) is 2.34. The summed E-state index contributed by atoms with van der Waals surface area (Å²) < 4.78 is 13.3. The van der Waals surface area contributed by atoms with Crippen molar-refractivity contribution >= 4 is 17.7 Å². The van der Waals surface area contributed by atoms with Gasteiger partial charge >= 0.3 is 0 Å². The van der Waals surface area contributed by atoms with Crippen LogP contribution in [0.1, 0.15) is 17.5 Å². The Labute approximate surface area is 81.4 Å². The van der Waals surface area contributed by atoms with Crippen molar-refractivity contribution in [2.45, 2.75) is 12.8 Å². The number of nitrogens with one attached hydrogen (secondary N) is 1. The molecule has 1 aliphatic rings. The Morgan fingerprint density at radius 1 is 1.43 bits per heavy atom. The Morgan fingerprint density at radius 2 is 2.21 bits per heavy atom. The molecule has 0 radical (unpaired) electrons. The summed E-state index contributed by atoms with van der Waals surface area (Å²) in [5, 5.41) is 2.64. The molecular formula is C11H10FNO. The van der Waals surface area contributed by atoms with Gasteiger partial charge in [0.1, 0.15) is 5.82 Å². The first kappa shape index (κ1) is 8.94. The van der Waals surface area contributed by atoms with Crippen LogP contribution in [0.3, 0.4) is 0 Å². The second-order valence-electron chi connectivity index (χ2n) is 3.28. The van der Waals surface area contributed by atoms with Crippen molar-refractivity contribution in [3.8, 4) is 0 Å². The summed E-state index contributed by atoms with van der Waals surface area (Å²) in [7, 11) is 0. The number of rotatable bonds is 1. The zero-order chi connectivity index (χ0) is 10.1. The molecule has 2 rings (SSSR count). The van der Waals surface area contributed by atoms with E-state index in [-0.39, 0.29) is 11.7 Å². The van der Waals surface area contributed by atoms with Crippen LogP contribution in [0.25, 0.3) is 6.08 Å². The summed E-state index contributed by atoms with van der Waals surface area (Å²) >= 11 is 0. The van der Waals surface area contributed by atoms with E-state index in [1.807, 2.05) is 0 Å². The van der Waals surface area contributed by atoms with E-state index in [1.165, 1.54) is 12.1 Å². The van der Waals surface area contributed by atoms with Crippen LogP contribution in [-0.2, 0) is 11.2 Å². The fourth-order valence-corrected chi connectivity index (χ4v) is 1.58. The van der Waals surface area contributed by atoms with E-state index >= 15 is 0 Å². The van der Waals surface area contributed by atoms with Crippen molar-refractivity contribution in [3.05, 3.63) is 35.7 Å². The number of benzene rings is 1. The fraction of sp³-hybridized carbons (Fsp3) is 0.182. The van der Waals surface area contributed by atoms with Gasteiger partial charge in [0.15, 0.2) is 0 Å². The second kappa shape index (κ2) is 3.25. The number of hydrogen-bond acceptors (Lipinski definition) is 1. The largest absolute Gasteiger partial charge is 0.326 e. The first-order valence-corrected chi connectivity index (χ1v) is 4.45. The van der Waals surface area contributed by atoms with Crippen LogP contribution >= 0.6 is 0 Å². The van der Waals surface area contributed by atoms with Crippen LogP contribution in [0, 0.1) is 5.82 Å². The highest BCUT2D eigenvalue weighted by molar-refractivity contribution is 5.94. The van der Waals surface area contributed by atoms with E-state index in [2.05, 4.69) is 11.9 Å². The van der Waals surface area contributed by atoms with E-state index in [1.54, 1.807) is 6.07 Å². The number of anilines is 1. The van der Waals surface area contributed by atoms with E-state index < -0.39 is 0 Å². The van der Waals surface area contributed by atoms with Crippen LogP contribution < -0.4 is 5.32 Å². The van der Waals surface area contributed by atoms with Crippen molar-refractivity contribution in [2.24, 2.45) is 0 Å². The Kier molecular flexibility index (Phi) is 2.08. The maximum Gasteiger partial charge on any atom is 0.224 e. The number of fused-ring (bicyclic) bond motifs is 1. The van der Waals surface area contributed by atoms with Gasteiger partial charge in [-0.05, 0) is 24.1 Å². The lowest BCUT2D eigenvalue weighted by Crippen LogP contribution is -2.19. The molecule has 1 aliphatic heterocycles. The third kappa shape index (κ3) is 1.41. The monoisotopic (exact) mass is 191 g/mol. The van der Waals surface area contributed by atoms with Gasteiger partial charge in [0.25, 0.3) is 0 Å². The summed E-state index contributed by atoms with van der Waals surface area (Å²) in [6, 6.07) is 3.08. The lowest BCUT2D eigenvalue weighted by atomic mass is 10.00. The van der Waals surface area contributed by atoms with Gasteiger partial charge in [-0.3, -0.25) is 4.79 Å². The van der Waals surface area contributed by atoms with Crippen molar-refractivity contribution in [2.75, 3.05) is 5.32 Å². The van der Waals surface area contributed by atoms with Crippen molar-refractivity contribution in [1.82, 2.24) is 0 Å². The highest BCUT2D eigenvalue weighted by Crippen LogP contribution is 2.26. The number of halogens is 1. The molecular weight excluding hydrogens is 181 g/mol. The molecule has 0 unspecified atom stereocenters. The van der Waals surface area contributed by atoms with E-state index in [0.29, 0.717) is 24.1 Å². The van der Waals surface area contributed by atoms with Crippen LogP contribution in [-0.4, -0.2) is 5.91 Å². The molecule has 1 heterocycles. The molecule has 0 aromatic heterocycles. The molecule has 1 aromatic rings. The number of amides is 1. The highest BCUT2D eigenvalue weighted by Gasteiger charge is 2.16. The minimum Gasteiger partial charge on any atom is -0.326 e. The molecule has 1 aromatic carbocycles. The number of hydrogen-bond donors (Lipinski definition) is 1. The van der Waals surface area contributed by atoms with E-state index in [4.69, 9.17) is 0 Å². The molecule has 14 heavy (non-hydrogen) atoms. The molecule has 0 atom stereocenters. The quantitative estimate of drug-likeness (QED) is 0.725. The lowest BCUT2D eigenvalue weighted by molar-refractivity contribution is -0.116. The molecule has 72 valence electrons. The molecule has 0 saturated carbocycles. The zero-order valence-electron chi connectivity index (χ0n) is 7.64. The van der Waals surface area contributed by atoms with Gasteiger partial charge in [-0.2, -0.15) is 0 Å². The first-order valence-electron chi connectivity index (χ1n) is 4.45. The van der Waals surface area contributed by atoms with Gasteiger partial charge in [-0.15, -0.1) is 0 Å². The zero-order valence-corrected chi connectivity index (χ0v) is 7.64. The maximum atomic E-state index is 13.3. The normalized spacial score (nSPS) is 14.5. The molecule has 2 nitrogen and oxygen atoms in total. The number of aryl methyl sites for hydroxylation is 1. The number of carbonyl (C=O) groups excluding carboxylic acids is 1. The summed E-state index contributed by atoms with van der Waals surface area (Å²) in [5.41, 5.74) is 2.05. The van der Waals surface area contributed by atoms with Crippen LogP contribution in [0.4, 0.5) is 10.1 Å². The fourth-order valence-electron chi connectivity index (χ4n) is 1.58. The molecule has 3 heteroatoms. The highest BCUT2D eigenvalue weighted by atomic mass is 19.1. The van der Waals surface area contributed by atoms with Gasteiger partial charge < -0.3 is 5.32 Å². The number of carbonyl (C=O) groups is 1. The first-order chi connectivity index (χ1) is 6.70. The topological polar surface area (TPSA) is 29.1 Å². The molecule has 0 aliphatic carbocycles. The van der Waals surface area contributed by atoms with Crippen LogP contribution in [0.15, 0.2) is 18.7 Å². The third-order valence-corrected chi connectivity index (χ3v) is 2.34. The van der Waals surface area contributed by atoms with E-state index in [9.17, 15) is 9.18 Å². The van der Waals surface area contributed by atoms with E-state index in [0.717, 1.165) is 5.56 Å². The van der Waals surface area contributed by atoms with Crippen molar-refractivity contribution < 1.29 is 9.18 Å². The minimum atomic E-state index is -0.346. The summed E-state index contributed by atoms with van der Waals surface area (Å²) in [5.74, 6) is -0.399. The molecule has 0 spiro atoms. The van der Waals surface area contributed by atoms with Gasteiger partial charge in [0, 0.05) is 17.7 Å². The Balaban J connectivity index is 2.50. The predicted molar refractivity (Wildman–Crippen MR) is 53.4 cm³/mol. The SMILES string of the molecule is C=Cc1cc2c(cc1F)NC(=O)CC2. The average Bonchev–Trinajstić information content (AvgIpc) is 2.16. The van der Waals surface area contributed by atoms with Gasteiger partial charge in [0.2, 0.25) is 5.91 Å². The average molecular weight is 191 g/mol. The maximum absolute atomic E-state index is 13.3. The smallest absolute Gasteiger partial charge is 0.224 e. The summed E-state index contributed by atoms with van der Waals surface area (Å²) in [6.07, 6.45) is 2.61. The summed E-state index contributed by atoms with van der Waals surface area (Å²) in [6.45, 7) is 3.53. The van der Waals surface area contributed by atoms with Gasteiger partial charge in [0.05, 0.1) is 0 Å². The standard InChI is InChI=1S/C11H10FNO/c1-2-7-5-8-3-4-11(14)13-10(8)6-9(7)12/h2,5-6H,1,3-4H2,(H,13,14). The molecule has 1 amide bonds. The van der Waals surface area contributed by atoms with Gasteiger partial charge in [-0.1, -0.05) is 12.7 Å². The molecule has 0 fully saturated rings. The molecule has 0 saturated heterocycles. The minimum absolute atomic E-state index is 0.0525. The van der Waals surface area contributed by atoms with Crippen LogP contribution in [0.2, 0.25) is 0 Å². The van der Waals surface area contributed by atoms with Crippen molar-refractivity contribution in [1.29, 1.82) is 0 Å². The summed E-state index contributed by atoms with van der Waals surface area (Å²) in [4.78, 5) is 11.0.